The van der Waals surface area contributed by atoms with E-state index in [0.29, 0.717) is 16.9 Å². The number of fused-ring (bicyclic) bond motifs is 1. The van der Waals surface area contributed by atoms with Gasteiger partial charge in [0, 0.05) is 29.8 Å². The molecule has 3 rings (SSSR count). The lowest BCUT2D eigenvalue weighted by Crippen LogP contribution is -2.15. The van der Waals surface area contributed by atoms with Crippen molar-refractivity contribution < 1.29 is 14.3 Å². The normalized spacial score (nSPS) is 10.6. The van der Waals surface area contributed by atoms with Gasteiger partial charge in [0.25, 0.3) is 5.91 Å². The number of carbonyl (C=O) groups excluding carboxylic acids is 2. The lowest BCUT2D eigenvalue weighted by atomic mass is 10.1. The molecule has 5 heteroatoms. The zero-order valence-corrected chi connectivity index (χ0v) is 13.8. The molecule has 0 aliphatic heterocycles. The van der Waals surface area contributed by atoms with Crippen LogP contribution in [-0.2, 0) is 7.05 Å². The van der Waals surface area contributed by atoms with Gasteiger partial charge in [-0.05, 0) is 49.4 Å². The maximum absolute atomic E-state index is 12.5. The van der Waals surface area contributed by atoms with E-state index < -0.39 is 0 Å². The predicted octanol–water partition coefficient (Wildman–Crippen LogP) is 3.64. The summed E-state index contributed by atoms with van der Waals surface area (Å²) in [5.41, 5.74) is 2.73. The van der Waals surface area contributed by atoms with Crippen molar-refractivity contribution in [3.8, 4) is 5.75 Å². The minimum absolute atomic E-state index is 0.00416. The molecule has 2 aromatic carbocycles. The van der Waals surface area contributed by atoms with Gasteiger partial charge in [0.1, 0.15) is 11.4 Å². The summed E-state index contributed by atoms with van der Waals surface area (Å²) in [7, 11) is 3.46. The molecule has 122 valence electrons. The molecule has 1 N–H and O–H groups in total. The van der Waals surface area contributed by atoms with Gasteiger partial charge in [0.2, 0.25) is 0 Å². The quantitative estimate of drug-likeness (QED) is 0.746. The number of nitrogens with zero attached hydrogens (tertiary/aromatic N) is 1. The van der Waals surface area contributed by atoms with Crippen LogP contribution in [0.4, 0.5) is 5.69 Å². The number of ether oxygens (including phenoxy) is 1. The van der Waals surface area contributed by atoms with Gasteiger partial charge in [-0.25, -0.2) is 0 Å². The van der Waals surface area contributed by atoms with Gasteiger partial charge in [0.15, 0.2) is 5.78 Å². The molecule has 0 bridgehead atoms. The Morgan fingerprint density at radius 2 is 1.75 bits per heavy atom. The number of methoxy groups -OCH3 is 1. The van der Waals surface area contributed by atoms with E-state index in [-0.39, 0.29) is 11.7 Å². The minimum atomic E-state index is -0.205. The minimum Gasteiger partial charge on any atom is -0.497 e. The molecule has 0 fully saturated rings. The van der Waals surface area contributed by atoms with Gasteiger partial charge in [-0.1, -0.05) is 0 Å². The molecular weight excluding hydrogens is 304 g/mol. The highest BCUT2D eigenvalue weighted by Gasteiger charge is 2.14. The summed E-state index contributed by atoms with van der Waals surface area (Å²) in [6, 6.07) is 14.4. The van der Waals surface area contributed by atoms with Crippen LogP contribution in [0.1, 0.15) is 27.8 Å². The second-order valence-corrected chi connectivity index (χ2v) is 5.60. The van der Waals surface area contributed by atoms with Gasteiger partial charge in [-0.3, -0.25) is 9.59 Å². The molecule has 0 unspecified atom stereocenters. The van der Waals surface area contributed by atoms with Crippen molar-refractivity contribution in [2.45, 2.75) is 6.92 Å². The largest absolute Gasteiger partial charge is 0.497 e. The van der Waals surface area contributed by atoms with E-state index in [9.17, 15) is 9.59 Å². The lowest BCUT2D eigenvalue weighted by Gasteiger charge is -2.07. The topological polar surface area (TPSA) is 60.3 Å². The first-order valence-corrected chi connectivity index (χ1v) is 7.55. The van der Waals surface area contributed by atoms with Crippen LogP contribution in [0.25, 0.3) is 10.9 Å². The summed E-state index contributed by atoms with van der Waals surface area (Å²) in [5.74, 6) is 0.536. The molecule has 1 heterocycles. The van der Waals surface area contributed by atoms with Crippen molar-refractivity contribution >= 4 is 28.3 Å². The summed E-state index contributed by atoms with van der Waals surface area (Å²) < 4.78 is 7.06. The number of benzene rings is 2. The van der Waals surface area contributed by atoms with Crippen LogP contribution in [0, 0.1) is 0 Å². The van der Waals surface area contributed by atoms with Crippen LogP contribution in [0.15, 0.2) is 48.5 Å². The van der Waals surface area contributed by atoms with E-state index in [2.05, 4.69) is 5.32 Å². The molecule has 1 aromatic heterocycles. The number of carbonyl (C=O) groups is 2. The second kappa shape index (κ2) is 6.20. The maximum Gasteiger partial charge on any atom is 0.272 e. The highest BCUT2D eigenvalue weighted by atomic mass is 16.5. The fourth-order valence-electron chi connectivity index (χ4n) is 2.64. The maximum atomic E-state index is 12.5. The van der Waals surface area contributed by atoms with Crippen molar-refractivity contribution in [3.05, 3.63) is 59.8 Å². The standard InChI is InChI=1S/C19H18N2O3/c1-12(22)13-4-7-15(8-5-13)20-19(23)18-10-14-6-9-16(24-3)11-17(14)21(18)2/h4-11H,1-3H3,(H,20,23). The van der Waals surface area contributed by atoms with Crippen molar-refractivity contribution in [2.75, 3.05) is 12.4 Å². The van der Waals surface area contributed by atoms with Crippen LogP contribution in [0.2, 0.25) is 0 Å². The average Bonchev–Trinajstić information content (AvgIpc) is 2.91. The summed E-state index contributed by atoms with van der Waals surface area (Å²) in [6.45, 7) is 1.51. The van der Waals surface area contributed by atoms with Crippen LogP contribution in [0.3, 0.4) is 0 Å². The first-order chi connectivity index (χ1) is 11.5. The van der Waals surface area contributed by atoms with E-state index in [1.807, 2.05) is 35.9 Å². The highest BCUT2D eigenvalue weighted by molar-refractivity contribution is 6.06. The number of aryl methyl sites for hydroxylation is 1. The molecule has 0 radical (unpaired) electrons. The molecule has 1 amide bonds. The number of hydrogen-bond acceptors (Lipinski definition) is 3. The van der Waals surface area contributed by atoms with Gasteiger partial charge in [-0.2, -0.15) is 0 Å². The molecule has 0 saturated carbocycles. The molecule has 0 spiro atoms. The van der Waals surface area contributed by atoms with E-state index in [4.69, 9.17) is 4.74 Å². The lowest BCUT2D eigenvalue weighted by molar-refractivity contribution is 0.101. The summed E-state index contributed by atoms with van der Waals surface area (Å²) >= 11 is 0. The molecule has 3 aromatic rings. The van der Waals surface area contributed by atoms with Crippen LogP contribution in [0.5, 0.6) is 5.75 Å². The Morgan fingerprint density at radius 1 is 1.04 bits per heavy atom. The summed E-state index contributed by atoms with van der Waals surface area (Å²) in [6.07, 6.45) is 0. The van der Waals surface area contributed by atoms with E-state index in [0.717, 1.165) is 16.7 Å². The number of aromatic nitrogens is 1. The van der Waals surface area contributed by atoms with E-state index in [1.54, 1.807) is 31.4 Å². The van der Waals surface area contributed by atoms with Crippen LogP contribution >= 0.6 is 0 Å². The van der Waals surface area contributed by atoms with Gasteiger partial charge < -0.3 is 14.6 Å². The Morgan fingerprint density at radius 3 is 2.38 bits per heavy atom. The van der Waals surface area contributed by atoms with E-state index >= 15 is 0 Å². The predicted molar refractivity (Wildman–Crippen MR) is 93.9 cm³/mol. The fourth-order valence-corrected chi connectivity index (χ4v) is 2.64. The first kappa shape index (κ1) is 15.8. The molecule has 5 nitrogen and oxygen atoms in total. The number of ketones is 1. The molecule has 0 aliphatic rings. The summed E-state index contributed by atoms with van der Waals surface area (Å²) in [5, 5.41) is 3.82. The Labute approximate surface area is 139 Å². The van der Waals surface area contributed by atoms with Gasteiger partial charge >= 0.3 is 0 Å². The number of hydrogen-bond donors (Lipinski definition) is 1. The Bertz CT molecular complexity index is 924. The highest BCUT2D eigenvalue weighted by Crippen LogP contribution is 2.24. The summed E-state index contributed by atoms with van der Waals surface area (Å²) in [4.78, 5) is 23.8. The van der Waals surface area contributed by atoms with Crippen LogP contribution in [-0.4, -0.2) is 23.4 Å². The SMILES string of the molecule is COc1ccc2cc(C(=O)Nc3ccc(C(C)=O)cc3)n(C)c2c1. The molecule has 0 aliphatic carbocycles. The second-order valence-electron chi connectivity index (χ2n) is 5.60. The average molecular weight is 322 g/mol. The number of anilines is 1. The van der Waals surface area contributed by atoms with Crippen molar-refractivity contribution in [1.29, 1.82) is 0 Å². The number of amides is 1. The van der Waals surface area contributed by atoms with Crippen LogP contribution < -0.4 is 10.1 Å². The third-order valence-electron chi connectivity index (χ3n) is 4.03. The van der Waals surface area contributed by atoms with Crippen molar-refractivity contribution in [1.82, 2.24) is 4.57 Å². The fraction of sp³-hybridized carbons (Fsp3) is 0.158. The van der Waals surface area contributed by atoms with E-state index in [1.165, 1.54) is 6.92 Å². The zero-order chi connectivity index (χ0) is 17.3. The third kappa shape index (κ3) is 2.88. The number of nitrogens with one attached hydrogen (secondary N) is 1. The zero-order valence-electron chi connectivity index (χ0n) is 13.8. The Balaban J connectivity index is 1.88. The van der Waals surface area contributed by atoms with Gasteiger partial charge in [-0.15, -0.1) is 0 Å². The molecular formula is C19H18N2O3. The smallest absolute Gasteiger partial charge is 0.272 e. The number of rotatable bonds is 4. The molecule has 0 saturated heterocycles. The Hall–Kier alpha value is -3.08. The van der Waals surface area contributed by atoms with Gasteiger partial charge in [0.05, 0.1) is 12.6 Å². The Kier molecular flexibility index (Phi) is 4.08. The van der Waals surface area contributed by atoms with Crippen molar-refractivity contribution in [3.63, 3.8) is 0 Å². The monoisotopic (exact) mass is 322 g/mol. The first-order valence-electron chi connectivity index (χ1n) is 7.55. The third-order valence-corrected chi connectivity index (χ3v) is 4.03. The molecule has 0 atom stereocenters. The number of Topliss-reactive ketones (excluding diaryl/α,β-unsaturated/α-hetero) is 1. The molecule has 24 heavy (non-hydrogen) atoms. The van der Waals surface area contributed by atoms with Crippen molar-refractivity contribution in [2.24, 2.45) is 7.05 Å².